The molecule has 0 atom stereocenters. The van der Waals surface area contributed by atoms with E-state index in [1.807, 2.05) is 37.3 Å². The third-order valence-electron chi connectivity index (χ3n) is 3.45. The molecule has 0 bridgehead atoms. The Labute approximate surface area is 141 Å². The van der Waals surface area contributed by atoms with E-state index in [1.165, 1.54) is 11.9 Å². The van der Waals surface area contributed by atoms with Gasteiger partial charge in [-0.1, -0.05) is 60.2 Å². The molecular weight excluding hydrogens is 324 g/mol. The molecule has 0 fully saturated rings. The van der Waals surface area contributed by atoms with Crippen molar-refractivity contribution in [2.45, 2.75) is 19.2 Å². The molecule has 2 aromatic carbocycles. The van der Waals surface area contributed by atoms with Crippen molar-refractivity contribution < 1.29 is 8.42 Å². The second-order valence-corrected chi connectivity index (χ2v) is 7.32. The van der Waals surface area contributed by atoms with Crippen LogP contribution in [0.5, 0.6) is 0 Å². The van der Waals surface area contributed by atoms with Crippen LogP contribution in [0, 0.1) is 6.92 Å². The number of benzene rings is 2. The first-order chi connectivity index (χ1) is 11.5. The smallest absolute Gasteiger partial charge is 0.250 e. The van der Waals surface area contributed by atoms with Crippen molar-refractivity contribution in [3.05, 3.63) is 77.6 Å². The van der Waals surface area contributed by atoms with Crippen LogP contribution in [0.15, 0.2) is 60.9 Å². The van der Waals surface area contributed by atoms with Gasteiger partial charge >= 0.3 is 0 Å². The third kappa shape index (κ3) is 4.42. The highest BCUT2D eigenvalue weighted by molar-refractivity contribution is 7.91. The Balaban J connectivity index is 1.66. The summed E-state index contributed by atoms with van der Waals surface area (Å²) in [5.41, 5.74) is 2.97. The zero-order valence-corrected chi connectivity index (χ0v) is 14.1. The Morgan fingerprint density at radius 3 is 2.42 bits per heavy atom. The summed E-state index contributed by atoms with van der Waals surface area (Å²) in [4.78, 5) is 4.02. The first kappa shape index (κ1) is 16.2. The van der Waals surface area contributed by atoms with Gasteiger partial charge < -0.3 is 0 Å². The molecule has 6 nitrogen and oxygen atoms in total. The van der Waals surface area contributed by atoms with Gasteiger partial charge in [-0.25, -0.2) is 17.8 Å². The lowest BCUT2D eigenvalue weighted by Crippen LogP contribution is -2.16. The van der Waals surface area contributed by atoms with E-state index in [9.17, 15) is 8.42 Å². The van der Waals surface area contributed by atoms with Gasteiger partial charge in [0.2, 0.25) is 10.0 Å². The number of hydrogen-bond donors (Lipinski definition) is 1. The van der Waals surface area contributed by atoms with Crippen molar-refractivity contribution in [3.63, 3.8) is 0 Å². The van der Waals surface area contributed by atoms with Crippen LogP contribution in [-0.4, -0.2) is 23.2 Å². The van der Waals surface area contributed by atoms with Gasteiger partial charge in [0.15, 0.2) is 0 Å². The van der Waals surface area contributed by atoms with E-state index in [-0.39, 0.29) is 11.7 Å². The minimum absolute atomic E-state index is 0.0815. The molecule has 0 amide bonds. The van der Waals surface area contributed by atoms with E-state index < -0.39 is 10.0 Å². The fraction of sp³-hybridized carbons (Fsp3) is 0.176. The summed E-state index contributed by atoms with van der Waals surface area (Å²) in [6.07, 6.45) is 1.51. The van der Waals surface area contributed by atoms with Crippen LogP contribution >= 0.6 is 0 Å². The Hall–Kier alpha value is -2.67. The van der Waals surface area contributed by atoms with Gasteiger partial charge in [0.25, 0.3) is 5.95 Å². The van der Waals surface area contributed by atoms with Gasteiger partial charge in [0.05, 0.1) is 12.3 Å². The molecule has 0 radical (unpaired) electrons. The average Bonchev–Trinajstić information content (AvgIpc) is 2.96. The van der Waals surface area contributed by atoms with Crippen LogP contribution in [-0.2, 0) is 22.3 Å². The van der Waals surface area contributed by atoms with Crippen LogP contribution in [0.1, 0.15) is 16.7 Å². The molecule has 0 aliphatic carbocycles. The maximum Gasteiger partial charge on any atom is 0.255 e. The zero-order chi connectivity index (χ0) is 17.0. The molecule has 0 unspecified atom stereocenters. The minimum atomic E-state index is -3.54. The van der Waals surface area contributed by atoms with Crippen molar-refractivity contribution in [2.75, 3.05) is 4.72 Å². The van der Waals surface area contributed by atoms with Gasteiger partial charge in [-0.05, 0) is 18.1 Å². The molecule has 0 saturated heterocycles. The number of anilines is 1. The van der Waals surface area contributed by atoms with Crippen LogP contribution in [0.25, 0.3) is 0 Å². The molecule has 124 valence electrons. The van der Waals surface area contributed by atoms with E-state index in [4.69, 9.17) is 0 Å². The molecule has 1 aromatic heterocycles. The maximum absolute atomic E-state index is 12.2. The van der Waals surface area contributed by atoms with Crippen molar-refractivity contribution in [1.82, 2.24) is 14.8 Å². The lowest BCUT2D eigenvalue weighted by Gasteiger charge is -2.04. The summed E-state index contributed by atoms with van der Waals surface area (Å²) in [5, 5.41) is 4.17. The van der Waals surface area contributed by atoms with Crippen LogP contribution < -0.4 is 4.72 Å². The van der Waals surface area contributed by atoms with Gasteiger partial charge in [-0.2, -0.15) is 4.98 Å². The number of nitrogens with zero attached hydrogens (tertiary/aromatic N) is 3. The molecule has 0 aliphatic heterocycles. The highest BCUT2D eigenvalue weighted by atomic mass is 32.2. The number of sulfonamides is 1. The summed E-state index contributed by atoms with van der Waals surface area (Å²) in [7, 11) is -3.54. The second kappa shape index (κ2) is 6.84. The Morgan fingerprint density at radius 1 is 1.00 bits per heavy atom. The Kier molecular flexibility index (Phi) is 4.61. The number of hydrogen-bond acceptors (Lipinski definition) is 4. The monoisotopic (exact) mass is 342 g/mol. The summed E-state index contributed by atoms with van der Waals surface area (Å²) < 4.78 is 28.4. The number of nitrogens with one attached hydrogen (secondary N) is 1. The SMILES string of the molecule is Cc1ccc(Cn2cnc(NS(=O)(=O)Cc3ccccc3)n2)cc1. The van der Waals surface area contributed by atoms with Crippen molar-refractivity contribution in [3.8, 4) is 0 Å². The summed E-state index contributed by atoms with van der Waals surface area (Å²) in [6.45, 7) is 2.56. The van der Waals surface area contributed by atoms with Gasteiger partial charge in [0, 0.05) is 0 Å². The predicted octanol–water partition coefficient (Wildman–Crippen LogP) is 2.58. The van der Waals surface area contributed by atoms with Crippen LogP contribution in [0.3, 0.4) is 0 Å². The molecule has 0 spiro atoms. The summed E-state index contributed by atoms with van der Waals surface area (Å²) in [5.74, 6) is -0.0293. The molecule has 0 saturated carbocycles. The third-order valence-corrected chi connectivity index (χ3v) is 4.65. The molecule has 7 heteroatoms. The first-order valence-electron chi connectivity index (χ1n) is 7.50. The zero-order valence-electron chi connectivity index (χ0n) is 13.3. The first-order valence-corrected chi connectivity index (χ1v) is 9.15. The van der Waals surface area contributed by atoms with Gasteiger partial charge in [-0.15, -0.1) is 5.10 Å². The minimum Gasteiger partial charge on any atom is -0.250 e. The van der Waals surface area contributed by atoms with Crippen LogP contribution in [0.4, 0.5) is 5.95 Å². The van der Waals surface area contributed by atoms with Crippen LogP contribution in [0.2, 0.25) is 0 Å². The van der Waals surface area contributed by atoms with Gasteiger partial charge in [0.1, 0.15) is 6.33 Å². The number of rotatable bonds is 6. The van der Waals surface area contributed by atoms with E-state index in [1.54, 1.807) is 28.9 Å². The van der Waals surface area contributed by atoms with Crippen molar-refractivity contribution in [1.29, 1.82) is 0 Å². The molecular formula is C17H18N4O2S. The fourth-order valence-corrected chi connectivity index (χ4v) is 3.34. The molecule has 1 N–H and O–H groups in total. The molecule has 1 heterocycles. The quantitative estimate of drug-likeness (QED) is 0.747. The average molecular weight is 342 g/mol. The second-order valence-electron chi connectivity index (χ2n) is 5.60. The van der Waals surface area contributed by atoms with Crippen molar-refractivity contribution in [2.24, 2.45) is 0 Å². The molecule has 3 rings (SSSR count). The summed E-state index contributed by atoms with van der Waals surface area (Å²) >= 11 is 0. The molecule has 3 aromatic rings. The normalized spacial score (nSPS) is 11.4. The van der Waals surface area contributed by atoms with E-state index in [2.05, 4.69) is 14.8 Å². The standard InChI is InChI=1S/C17H18N4O2S/c1-14-7-9-15(10-8-14)11-21-13-18-17(19-21)20-24(22,23)12-16-5-3-2-4-6-16/h2-10,13H,11-12H2,1H3,(H,19,20). The lowest BCUT2D eigenvalue weighted by atomic mass is 10.1. The predicted molar refractivity (Wildman–Crippen MR) is 93.0 cm³/mol. The highest BCUT2D eigenvalue weighted by Crippen LogP contribution is 2.10. The maximum atomic E-state index is 12.2. The molecule has 0 aliphatic rings. The van der Waals surface area contributed by atoms with E-state index in [0.717, 1.165) is 5.56 Å². The Bertz CT molecular complexity index is 903. The van der Waals surface area contributed by atoms with E-state index >= 15 is 0 Å². The topological polar surface area (TPSA) is 76.9 Å². The van der Waals surface area contributed by atoms with Gasteiger partial charge in [-0.3, -0.25) is 0 Å². The van der Waals surface area contributed by atoms with E-state index in [0.29, 0.717) is 12.1 Å². The number of aromatic nitrogens is 3. The largest absolute Gasteiger partial charge is 0.255 e. The lowest BCUT2D eigenvalue weighted by molar-refractivity contribution is 0.599. The highest BCUT2D eigenvalue weighted by Gasteiger charge is 2.14. The Morgan fingerprint density at radius 2 is 1.71 bits per heavy atom. The summed E-state index contributed by atoms with van der Waals surface area (Å²) in [6, 6.07) is 17.1. The van der Waals surface area contributed by atoms with Crippen molar-refractivity contribution >= 4 is 16.0 Å². The fourth-order valence-electron chi connectivity index (χ4n) is 2.27. The molecule has 24 heavy (non-hydrogen) atoms. The number of aryl methyl sites for hydroxylation is 1.